The fourth-order valence-electron chi connectivity index (χ4n) is 0.182. The average molecular weight is 105 g/mol. The van der Waals surface area contributed by atoms with Gasteiger partial charge in [0.1, 0.15) is 0 Å². The summed E-state index contributed by atoms with van der Waals surface area (Å²) in [7, 11) is 0. The monoisotopic (exact) mass is 105 g/mol. The van der Waals surface area contributed by atoms with E-state index < -0.39 is 6.10 Å². The molecule has 2 heteroatoms. The maximum atomic E-state index is 10.1. The normalized spacial score (nSPS) is 14.5. The number of rotatable bonds is 2. The van der Waals surface area contributed by atoms with Crippen LogP contribution in [0.3, 0.4) is 0 Å². The lowest BCUT2D eigenvalue weighted by molar-refractivity contribution is 0.103. The molecule has 0 rings (SSSR count). The largest absolute Gasteiger partial charge is 0.233 e. The van der Waals surface area contributed by atoms with Crippen molar-refractivity contribution in [2.75, 3.05) is 5.75 Å². The Bertz CT molecular complexity index is 28.7. The van der Waals surface area contributed by atoms with E-state index in [2.05, 4.69) is 12.6 Å². The summed E-state index contributed by atoms with van der Waals surface area (Å²) in [5.74, 6) is 0.713. The van der Waals surface area contributed by atoms with Crippen LogP contribution in [0.2, 0.25) is 0 Å². The highest BCUT2D eigenvalue weighted by atomic mass is 32.1. The summed E-state index contributed by atoms with van der Waals surface area (Å²) in [4.78, 5) is 0. The molecule has 37 valence electrons. The average Bonchev–Trinajstić information content (AvgIpc) is 1.35. The molecule has 1 radical (unpaired) electrons. The van der Waals surface area contributed by atoms with Crippen LogP contribution in [-0.4, -0.2) is 11.9 Å². The van der Waals surface area contributed by atoms with Crippen LogP contribution >= 0.6 is 12.6 Å². The molecule has 0 heterocycles. The zero-order valence-corrected chi connectivity index (χ0v) is 4.74. The minimum Gasteiger partial charge on any atom is -0.233 e. The summed E-state index contributed by atoms with van der Waals surface area (Å²) in [6.45, 7) is 1.65. The highest BCUT2D eigenvalue weighted by Gasteiger charge is 1.90. The van der Waals surface area contributed by atoms with Gasteiger partial charge in [-0.25, -0.2) is 5.11 Å². The molecule has 1 atom stereocenters. The minimum absolute atomic E-state index is 0.428. The highest BCUT2D eigenvalue weighted by molar-refractivity contribution is 7.80. The summed E-state index contributed by atoms with van der Waals surface area (Å²) in [6, 6.07) is 0. The van der Waals surface area contributed by atoms with E-state index >= 15 is 0 Å². The number of hydrogen-bond donors (Lipinski definition) is 1. The van der Waals surface area contributed by atoms with Gasteiger partial charge in [0, 0.05) is 0 Å². The second kappa shape index (κ2) is 3.50. The van der Waals surface area contributed by atoms with Gasteiger partial charge in [0.15, 0.2) is 0 Å². The van der Waals surface area contributed by atoms with Crippen LogP contribution in [0.15, 0.2) is 0 Å². The highest BCUT2D eigenvalue weighted by Crippen LogP contribution is 1.89. The molecule has 0 bridgehead atoms. The lowest BCUT2D eigenvalue weighted by atomic mass is 10.3. The van der Waals surface area contributed by atoms with Gasteiger partial charge in [-0.1, -0.05) is 0 Å². The molecule has 0 fully saturated rings. The zero-order chi connectivity index (χ0) is 4.99. The molecule has 1 nitrogen and oxygen atoms in total. The Hall–Kier alpha value is 0.310. The first-order valence-corrected chi connectivity index (χ1v) is 2.67. The summed E-state index contributed by atoms with van der Waals surface area (Å²) in [5.41, 5.74) is 0. The van der Waals surface area contributed by atoms with Crippen LogP contribution in [0.1, 0.15) is 13.3 Å². The summed E-state index contributed by atoms with van der Waals surface area (Å²) < 4.78 is 0. The molecule has 0 aromatic heterocycles. The first kappa shape index (κ1) is 6.31. The standard InChI is InChI=1S/C4H9OS/c1-4(5)2-3-6/h4,6H,2-3H2,1H3. The summed E-state index contributed by atoms with van der Waals surface area (Å²) in [6.07, 6.45) is 0.255. The Labute approximate surface area is 43.8 Å². The van der Waals surface area contributed by atoms with Crippen molar-refractivity contribution >= 4 is 12.6 Å². The lowest BCUT2D eigenvalue weighted by Crippen LogP contribution is -1.95. The van der Waals surface area contributed by atoms with E-state index in [1.807, 2.05) is 0 Å². The third kappa shape index (κ3) is 4.31. The quantitative estimate of drug-likeness (QED) is 0.508. The van der Waals surface area contributed by atoms with Gasteiger partial charge in [-0.3, -0.25) is 0 Å². The van der Waals surface area contributed by atoms with Crippen LogP contribution in [0.4, 0.5) is 0 Å². The van der Waals surface area contributed by atoms with E-state index in [0.29, 0.717) is 12.2 Å². The summed E-state index contributed by atoms with van der Waals surface area (Å²) >= 11 is 3.86. The predicted octanol–water partition coefficient (Wildman–Crippen LogP) is 1.13. The molecule has 0 saturated heterocycles. The van der Waals surface area contributed by atoms with Crippen molar-refractivity contribution < 1.29 is 5.11 Å². The van der Waals surface area contributed by atoms with Gasteiger partial charge in [0.25, 0.3) is 0 Å². The maximum Gasteiger partial charge on any atom is 0.0909 e. The van der Waals surface area contributed by atoms with Crippen molar-refractivity contribution in [2.45, 2.75) is 19.4 Å². The molecule has 0 N–H and O–H groups in total. The lowest BCUT2D eigenvalue weighted by Gasteiger charge is -1.91. The third-order valence-electron chi connectivity index (χ3n) is 0.536. The second-order valence-electron chi connectivity index (χ2n) is 1.32. The van der Waals surface area contributed by atoms with Gasteiger partial charge < -0.3 is 0 Å². The Morgan fingerprint density at radius 1 is 1.83 bits per heavy atom. The van der Waals surface area contributed by atoms with Gasteiger partial charge in [-0.05, 0) is 19.1 Å². The molecule has 1 unspecified atom stereocenters. The van der Waals surface area contributed by atoms with Gasteiger partial charge in [-0.15, -0.1) is 0 Å². The fourth-order valence-corrected chi connectivity index (χ4v) is 0.545. The van der Waals surface area contributed by atoms with Crippen LogP contribution < -0.4 is 0 Å². The van der Waals surface area contributed by atoms with Crippen LogP contribution in [0.5, 0.6) is 0 Å². The smallest absolute Gasteiger partial charge is 0.0909 e. The van der Waals surface area contributed by atoms with E-state index in [9.17, 15) is 5.11 Å². The van der Waals surface area contributed by atoms with E-state index in [1.54, 1.807) is 6.92 Å². The van der Waals surface area contributed by atoms with Gasteiger partial charge in [-0.2, -0.15) is 12.6 Å². The van der Waals surface area contributed by atoms with Gasteiger partial charge in [0.05, 0.1) is 6.10 Å². The SMILES string of the molecule is CC([O])CCS. The maximum absolute atomic E-state index is 10.1. The Kier molecular flexibility index (Phi) is 3.68. The van der Waals surface area contributed by atoms with Crippen molar-refractivity contribution in [3.8, 4) is 0 Å². The van der Waals surface area contributed by atoms with Gasteiger partial charge in [0.2, 0.25) is 0 Å². The molecule has 0 saturated carbocycles. The molecular formula is C4H9OS. The topological polar surface area (TPSA) is 19.9 Å². The van der Waals surface area contributed by atoms with Crippen molar-refractivity contribution in [1.29, 1.82) is 0 Å². The molecule has 0 aromatic carbocycles. The molecule has 0 spiro atoms. The first-order chi connectivity index (χ1) is 2.77. The number of thiol groups is 1. The summed E-state index contributed by atoms with van der Waals surface area (Å²) in [5, 5.41) is 10.1. The Morgan fingerprint density at radius 3 is 2.33 bits per heavy atom. The van der Waals surface area contributed by atoms with Crippen LogP contribution in [-0.2, 0) is 5.11 Å². The van der Waals surface area contributed by atoms with E-state index in [1.165, 1.54) is 0 Å². The number of hydrogen-bond acceptors (Lipinski definition) is 1. The van der Waals surface area contributed by atoms with Crippen LogP contribution in [0.25, 0.3) is 0 Å². The van der Waals surface area contributed by atoms with Crippen LogP contribution in [0, 0.1) is 0 Å². The van der Waals surface area contributed by atoms with Crippen molar-refractivity contribution in [2.24, 2.45) is 0 Å². The predicted molar refractivity (Wildman–Crippen MR) is 28.6 cm³/mol. The van der Waals surface area contributed by atoms with Crippen molar-refractivity contribution in [3.05, 3.63) is 0 Å². The Morgan fingerprint density at radius 2 is 2.33 bits per heavy atom. The molecular weight excluding hydrogens is 96.1 g/mol. The van der Waals surface area contributed by atoms with Gasteiger partial charge >= 0.3 is 0 Å². The van der Waals surface area contributed by atoms with E-state index in [-0.39, 0.29) is 0 Å². The molecule has 0 aliphatic rings. The first-order valence-electron chi connectivity index (χ1n) is 2.04. The second-order valence-corrected chi connectivity index (χ2v) is 1.77. The molecule has 0 aromatic rings. The molecule has 0 aliphatic carbocycles. The minimum atomic E-state index is -0.428. The van der Waals surface area contributed by atoms with E-state index in [4.69, 9.17) is 0 Å². The van der Waals surface area contributed by atoms with Crippen molar-refractivity contribution in [1.82, 2.24) is 0 Å². The van der Waals surface area contributed by atoms with E-state index in [0.717, 1.165) is 0 Å². The van der Waals surface area contributed by atoms with Crippen molar-refractivity contribution in [3.63, 3.8) is 0 Å². The molecule has 6 heavy (non-hydrogen) atoms. The molecule has 0 amide bonds. The third-order valence-corrected chi connectivity index (χ3v) is 0.794. The molecule has 0 aliphatic heterocycles. The Balaban J connectivity index is 2.63. The fraction of sp³-hybridized carbons (Fsp3) is 1.00. The zero-order valence-electron chi connectivity index (χ0n) is 3.85.